The molecule has 134 valence electrons. The number of benzene rings is 1. The Balaban J connectivity index is 1.42. The molecular formula is C18H17ClN4O2S. The number of urea groups is 1. The van der Waals surface area contributed by atoms with Crippen LogP contribution in [0, 0.1) is 6.92 Å². The summed E-state index contributed by atoms with van der Waals surface area (Å²) in [5.41, 5.74) is 2.30. The molecule has 2 heterocycles. The van der Waals surface area contributed by atoms with E-state index in [4.69, 9.17) is 16.3 Å². The number of nitrogens with zero attached hydrogens (tertiary/aromatic N) is 2. The van der Waals surface area contributed by atoms with E-state index in [0.717, 1.165) is 16.1 Å². The van der Waals surface area contributed by atoms with E-state index >= 15 is 0 Å². The molecule has 8 heteroatoms. The molecule has 1 aromatic carbocycles. The summed E-state index contributed by atoms with van der Waals surface area (Å²) in [7, 11) is 0. The number of amides is 2. The largest absolute Gasteiger partial charge is 0.475 e. The second-order valence-corrected chi connectivity index (χ2v) is 6.73. The molecule has 2 amide bonds. The second-order valence-electron chi connectivity index (χ2n) is 5.38. The lowest BCUT2D eigenvalue weighted by Gasteiger charge is -2.11. The molecule has 0 aliphatic carbocycles. The first-order chi connectivity index (χ1) is 12.6. The van der Waals surface area contributed by atoms with E-state index in [9.17, 15) is 4.79 Å². The zero-order valence-electron chi connectivity index (χ0n) is 14.0. The van der Waals surface area contributed by atoms with E-state index in [1.54, 1.807) is 35.6 Å². The van der Waals surface area contributed by atoms with Crippen molar-refractivity contribution >= 4 is 34.7 Å². The Bertz CT molecular complexity index is 869. The Morgan fingerprint density at radius 1 is 1.19 bits per heavy atom. The van der Waals surface area contributed by atoms with Crippen LogP contribution in [0.1, 0.15) is 5.56 Å². The van der Waals surface area contributed by atoms with Crippen molar-refractivity contribution in [2.45, 2.75) is 6.92 Å². The molecule has 26 heavy (non-hydrogen) atoms. The van der Waals surface area contributed by atoms with Crippen LogP contribution in [0.4, 0.5) is 10.5 Å². The van der Waals surface area contributed by atoms with Gasteiger partial charge in [0.15, 0.2) is 0 Å². The van der Waals surface area contributed by atoms with E-state index < -0.39 is 0 Å². The first kappa shape index (κ1) is 18.2. The summed E-state index contributed by atoms with van der Waals surface area (Å²) in [6.45, 7) is 2.47. The first-order valence-corrected chi connectivity index (χ1v) is 9.19. The molecule has 0 atom stereocenters. The summed E-state index contributed by atoms with van der Waals surface area (Å²) in [4.78, 5) is 13.0. The highest BCUT2D eigenvalue weighted by Crippen LogP contribution is 2.23. The van der Waals surface area contributed by atoms with E-state index in [0.29, 0.717) is 23.1 Å². The van der Waals surface area contributed by atoms with Crippen LogP contribution in [0.15, 0.2) is 47.8 Å². The molecule has 0 aliphatic heterocycles. The van der Waals surface area contributed by atoms with Crippen LogP contribution < -0.4 is 15.4 Å². The number of halogens is 1. The highest BCUT2D eigenvalue weighted by molar-refractivity contribution is 7.13. The number of hydrogen-bond acceptors (Lipinski definition) is 5. The van der Waals surface area contributed by atoms with Crippen LogP contribution >= 0.6 is 22.9 Å². The lowest BCUT2D eigenvalue weighted by molar-refractivity contribution is 0.246. The second kappa shape index (κ2) is 8.64. The molecule has 3 aromatic rings. The van der Waals surface area contributed by atoms with Crippen LogP contribution in [-0.2, 0) is 0 Å². The number of rotatable bonds is 6. The van der Waals surface area contributed by atoms with Gasteiger partial charge in [0.1, 0.15) is 12.3 Å². The van der Waals surface area contributed by atoms with Gasteiger partial charge in [0.25, 0.3) is 0 Å². The molecule has 0 spiro atoms. The zero-order chi connectivity index (χ0) is 18.4. The fourth-order valence-electron chi connectivity index (χ4n) is 2.18. The number of hydrogen-bond donors (Lipinski definition) is 2. The third-order valence-electron chi connectivity index (χ3n) is 3.57. The van der Waals surface area contributed by atoms with Crippen LogP contribution in [0.5, 0.6) is 5.88 Å². The molecule has 2 N–H and O–H groups in total. The molecule has 0 unspecified atom stereocenters. The van der Waals surface area contributed by atoms with Crippen molar-refractivity contribution < 1.29 is 9.53 Å². The standard InChI is InChI=1S/C18H17ClN4O2S/c1-12-13(19)4-2-5-14(12)21-18(24)20-9-10-25-17-8-7-15(22-23-17)16-6-3-11-26-16/h2-8,11H,9-10H2,1H3,(H2,20,21,24). The van der Waals surface area contributed by atoms with Gasteiger partial charge in [0.05, 0.1) is 11.4 Å². The fraction of sp³-hybridized carbons (Fsp3) is 0.167. The minimum Gasteiger partial charge on any atom is -0.475 e. The predicted molar refractivity (Wildman–Crippen MR) is 104 cm³/mol. The topological polar surface area (TPSA) is 76.1 Å². The third-order valence-corrected chi connectivity index (χ3v) is 4.87. The summed E-state index contributed by atoms with van der Waals surface area (Å²) >= 11 is 7.63. The minimum atomic E-state index is -0.321. The van der Waals surface area contributed by atoms with Gasteiger partial charge in [-0.2, -0.15) is 0 Å². The average molecular weight is 389 g/mol. The SMILES string of the molecule is Cc1c(Cl)cccc1NC(=O)NCCOc1ccc(-c2cccs2)nn1. The predicted octanol–water partition coefficient (Wildman–Crippen LogP) is 4.37. The van der Waals surface area contributed by atoms with Gasteiger partial charge >= 0.3 is 6.03 Å². The number of carbonyl (C=O) groups is 1. The number of thiophene rings is 1. The van der Waals surface area contributed by atoms with E-state index in [-0.39, 0.29) is 12.6 Å². The van der Waals surface area contributed by atoms with E-state index in [1.807, 2.05) is 30.5 Å². The van der Waals surface area contributed by atoms with E-state index in [2.05, 4.69) is 20.8 Å². The van der Waals surface area contributed by atoms with Gasteiger partial charge in [-0.1, -0.05) is 23.7 Å². The number of nitrogens with one attached hydrogen (secondary N) is 2. The Hall–Kier alpha value is -2.64. The Morgan fingerprint density at radius 3 is 2.81 bits per heavy atom. The summed E-state index contributed by atoms with van der Waals surface area (Å²) < 4.78 is 5.49. The molecule has 6 nitrogen and oxygen atoms in total. The van der Waals surface area contributed by atoms with Crippen molar-refractivity contribution in [2.24, 2.45) is 0 Å². The van der Waals surface area contributed by atoms with Crippen molar-refractivity contribution in [1.82, 2.24) is 15.5 Å². The van der Waals surface area contributed by atoms with Gasteiger partial charge in [-0.3, -0.25) is 0 Å². The monoisotopic (exact) mass is 388 g/mol. The van der Waals surface area contributed by atoms with Gasteiger partial charge in [-0.15, -0.1) is 21.5 Å². The molecule has 0 saturated heterocycles. The van der Waals surface area contributed by atoms with E-state index in [1.165, 1.54) is 0 Å². The maximum atomic E-state index is 11.9. The summed E-state index contributed by atoms with van der Waals surface area (Å²) in [5.74, 6) is 0.415. The van der Waals surface area contributed by atoms with Crippen LogP contribution in [-0.4, -0.2) is 29.4 Å². The summed E-state index contributed by atoms with van der Waals surface area (Å²) in [6.07, 6.45) is 0. The maximum absolute atomic E-state index is 11.9. The average Bonchev–Trinajstić information content (AvgIpc) is 3.18. The molecule has 0 aliphatic rings. The number of ether oxygens (including phenoxy) is 1. The molecule has 0 saturated carbocycles. The molecule has 0 bridgehead atoms. The van der Waals surface area contributed by atoms with Crippen molar-refractivity contribution in [1.29, 1.82) is 0 Å². The Morgan fingerprint density at radius 2 is 2.08 bits per heavy atom. The lowest BCUT2D eigenvalue weighted by atomic mass is 10.2. The van der Waals surface area contributed by atoms with Crippen LogP contribution in [0.3, 0.4) is 0 Å². The highest BCUT2D eigenvalue weighted by Gasteiger charge is 2.06. The maximum Gasteiger partial charge on any atom is 0.319 e. The van der Waals surface area contributed by atoms with Crippen molar-refractivity contribution in [3.05, 3.63) is 58.4 Å². The Labute approximate surface area is 160 Å². The zero-order valence-corrected chi connectivity index (χ0v) is 15.6. The molecular weight excluding hydrogens is 372 g/mol. The van der Waals surface area contributed by atoms with Gasteiger partial charge in [0, 0.05) is 16.8 Å². The molecule has 3 rings (SSSR count). The van der Waals surface area contributed by atoms with Crippen molar-refractivity contribution in [2.75, 3.05) is 18.5 Å². The number of carbonyl (C=O) groups excluding carboxylic acids is 1. The quantitative estimate of drug-likeness (QED) is 0.615. The summed E-state index contributed by atoms with van der Waals surface area (Å²) in [5, 5.41) is 16.2. The summed E-state index contributed by atoms with van der Waals surface area (Å²) in [6, 6.07) is 12.6. The third kappa shape index (κ3) is 4.71. The molecule has 2 aromatic heterocycles. The van der Waals surface area contributed by atoms with Crippen LogP contribution in [0.2, 0.25) is 5.02 Å². The lowest BCUT2D eigenvalue weighted by Crippen LogP contribution is -2.32. The van der Waals surface area contributed by atoms with Gasteiger partial charge in [-0.25, -0.2) is 4.79 Å². The highest BCUT2D eigenvalue weighted by atomic mass is 35.5. The first-order valence-electron chi connectivity index (χ1n) is 7.94. The normalized spacial score (nSPS) is 10.4. The van der Waals surface area contributed by atoms with Crippen LogP contribution in [0.25, 0.3) is 10.6 Å². The van der Waals surface area contributed by atoms with Gasteiger partial charge < -0.3 is 15.4 Å². The fourth-order valence-corrected chi connectivity index (χ4v) is 3.05. The number of anilines is 1. The molecule has 0 radical (unpaired) electrons. The number of aromatic nitrogens is 2. The minimum absolute atomic E-state index is 0.287. The molecule has 0 fully saturated rings. The Kier molecular flexibility index (Phi) is 6.04. The van der Waals surface area contributed by atoms with Gasteiger partial charge in [0.2, 0.25) is 5.88 Å². The van der Waals surface area contributed by atoms with Gasteiger partial charge in [-0.05, 0) is 42.1 Å². The van der Waals surface area contributed by atoms with Crippen molar-refractivity contribution in [3.8, 4) is 16.5 Å². The smallest absolute Gasteiger partial charge is 0.319 e. The van der Waals surface area contributed by atoms with Crippen molar-refractivity contribution in [3.63, 3.8) is 0 Å².